The van der Waals surface area contributed by atoms with E-state index in [2.05, 4.69) is 239 Å². The van der Waals surface area contributed by atoms with Gasteiger partial charge in [-0.1, -0.05) is 0 Å². The van der Waals surface area contributed by atoms with Crippen LogP contribution in [0.3, 0.4) is 0 Å². The molecule has 0 heterocycles. The summed E-state index contributed by atoms with van der Waals surface area (Å²) in [4.78, 5) is 0. The first-order valence-corrected chi connectivity index (χ1v) is 24.1. The van der Waals surface area contributed by atoms with Crippen LogP contribution in [0.15, 0.2) is 72.8 Å². The fourth-order valence-electron chi connectivity index (χ4n) is 7.88. The molecule has 3 heteroatoms. The van der Waals surface area contributed by atoms with E-state index in [1.807, 2.05) is 0 Å². The van der Waals surface area contributed by atoms with Gasteiger partial charge in [0.05, 0.1) is 0 Å². The van der Waals surface area contributed by atoms with E-state index < -0.39 is 7.72 Å². The zero-order valence-corrected chi connectivity index (χ0v) is 43.2. The monoisotopic (exact) mass is 821 g/mol. The normalized spacial score (nSPS) is 14.4. The van der Waals surface area contributed by atoms with Crippen molar-refractivity contribution >= 4 is 18.3 Å². The van der Waals surface area contributed by atoms with Crippen LogP contribution in [0.1, 0.15) is 211 Å². The van der Waals surface area contributed by atoms with Gasteiger partial charge in [0, 0.05) is 0 Å². The number of hydrogen-bond donors (Lipinski definition) is 0. The van der Waals surface area contributed by atoms with Gasteiger partial charge in [0.15, 0.2) is 0 Å². The van der Waals surface area contributed by atoms with Gasteiger partial charge in [-0.05, 0) is 0 Å². The van der Waals surface area contributed by atoms with Gasteiger partial charge in [-0.2, -0.15) is 0 Å². The standard InChI is InChI=1S/C56H85O2P/c1-49(2,3)37-25-29-45(41(33-37)53(13,14)15)57-59(47-31-27-39(51(7,8)9)35-43(47)55(19,20)21,48-32-28-40(52(10,11)12)36-44(48)56(22,23)24)58-46-30-26-38(50(4,5)6)34-42(46)54(16,17)18/h25-36,59H,1-24H3. The molecule has 0 radical (unpaired) electrons. The van der Waals surface area contributed by atoms with Crippen molar-refractivity contribution < 1.29 is 9.05 Å². The van der Waals surface area contributed by atoms with Crippen LogP contribution in [0.4, 0.5) is 0 Å². The van der Waals surface area contributed by atoms with E-state index in [4.69, 9.17) is 9.05 Å². The summed E-state index contributed by atoms with van der Waals surface area (Å²) >= 11 is 0. The predicted molar refractivity (Wildman–Crippen MR) is 264 cm³/mol. The van der Waals surface area contributed by atoms with Crippen LogP contribution in [0, 0.1) is 0 Å². The van der Waals surface area contributed by atoms with E-state index in [9.17, 15) is 0 Å². The Morgan fingerprint density at radius 2 is 0.492 bits per heavy atom. The molecule has 2 nitrogen and oxygen atoms in total. The third-order valence-electron chi connectivity index (χ3n) is 11.9. The molecule has 0 atom stereocenters. The van der Waals surface area contributed by atoms with Crippen molar-refractivity contribution in [2.24, 2.45) is 0 Å². The molecule has 0 unspecified atom stereocenters. The molecule has 4 rings (SSSR count). The molecule has 4 aromatic rings. The fourth-order valence-corrected chi connectivity index (χ4v) is 11.8. The molecule has 0 saturated heterocycles. The minimum atomic E-state index is -3.85. The van der Waals surface area contributed by atoms with Crippen molar-refractivity contribution in [3.8, 4) is 11.5 Å². The molecule has 0 aliphatic rings. The van der Waals surface area contributed by atoms with Crippen LogP contribution < -0.4 is 19.7 Å². The van der Waals surface area contributed by atoms with Crippen LogP contribution in [0.5, 0.6) is 11.5 Å². The topological polar surface area (TPSA) is 18.5 Å². The molecule has 0 saturated carbocycles. The van der Waals surface area contributed by atoms with Gasteiger partial charge < -0.3 is 0 Å². The summed E-state index contributed by atoms with van der Waals surface area (Å²) in [6, 6.07) is 28.3. The van der Waals surface area contributed by atoms with Crippen LogP contribution >= 0.6 is 7.72 Å². The molecule has 0 bridgehead atoms. The summed E-state index contributed by atoms with van der Waals surface area (Å²) in [5, 5.41) is 2.32. The number of benzene rings is 4. The van der Waals surface area contributed by atoms with Gasteiger partial charge >= 0.3 is 366 Å². The average molecular weight is 821 g/mol. The van der Waals surface area contributed by atoms with Crippen LogP contribution in [-0.2, 0) is 43.3 Å². The molecule has 326 valence electrons. The van der Waals surface area contributed by atoms with Gasteiger partial charge in [0.2, 0.25) is 0 Å². The van der Waals surface area contributed by atoms with Gasteiger partial charge in [-0.3, -0.25) is 0 Å². The third-order valence-corrected chi connectivity index (χ3v) is 15.2. The molecule has 0 N–H and O–H groups in total. The Kier molecular flexibility index (Phi) is 12.9. The van der Waals surface area contributed by atoms with Crippen molar-refractivity contribution in [1.82, 2.24) is 0 Å². The molecular formula is C56H85O2P. The summed E-state index contributed by atoms with van der Waals surface area (Å²) in [5.41, 5.74) is 9.15. The second-order valence-corrected chi connectivity index (χ2v) is 28.5. The molecule has 0 spiro atoms. The van der Waals surface area contributed by atoms with E-state index in [0.717, 1.165) is 22.1 Å². The summed E-state index contributed by atoms with van der Waals surface area (Å²) in [7, 11) is -3.85. The Morgan fingerprint density at radius 3 is 0.712 bits per heavy atom. The number of hydrogen-bond acceptors (Lipinski definition) is 2. The number of rotatable bonds is 6. The Morgan fingerprint density at radius 1 is 0.271 bits per heavy atom. The van der Waals surface area contributed by atoms with Crippen LogP contribution in [0.25, 0.3) is 0 Å². The van der Waals surface area contributed by atoms with E-state index in [-0.39, 0.29) is 43.3 Å². The molecular weight excluding hydrogens is 736 g/mol. The first kappa shape index (κ1) is 48.6. The van der Waals surface area contributed by atoms with Gasteiger partial charge in [0.1, 0.15) is 0 Å². The maximum atomic E-state index is 8.21. The third kappa shape index (κ3) is 10.9. The van der Waals surface area contributed by atoms with E-state index in [1.165, 1.54) is 44.5 Å². The Bertz CT molecular complexity index is 1970. The summed E-state index contributed by atoms with van der Waals surface area (Å²) in [6.45, 7) is 55.6. The van der Waals surface area contributed by atoms with Gasteiger partial charge in [0.25, 0.3) is 0 Å². The predicted octanol–water partition coefficient (Wildman–Crippen LogP) is 15.8. The average Bonchev–Trinajstić information content (AvgIpc) is 3.04. The first-order chi connectivity index (χ1) is 26.3. The summed E-state index contributed by atoms with van der Waals surface area (Å²) < 4.78 is 16.4. The maximum absolute atomic E-state index is 8.21. The van der Waals surface area contributed by atoms with Crippen LogP contribution in [0.2, 0.25) is 0 Å². The molecule has 4 aromatic carbocycles. The second kappa shape index (κ2) is 15.7. The van der Waals surface area contributed by atoms with Crippen molar-refractivity contribution in [2.45, 2.75) is 209 Å². The zero-order chi connectivity index (χ0) is 45.3. The van der Waals surface area contributed by atoms with Crippen molar-refractivity contribution in [2.75, 3.05) is 0 Å². The SMILES string of the molecule is CC(C)(C)c1ccc(O[PH](Oc2ccc(C(C)(C)C)cc2C(C)(C)C)(c2ccc(C(C)(C)C)cc2C(C)(C)C)c2ccc(C(C)(C)C)cc2C(C)(C)C)c(C(C)(C)C)c1. The summed E-state index contributed by atoms with van der Waals surface area (Å²) in [5.74, 6) is 1.78. The molecule has 0 aromatic heterocycles. The zero-order valence-electron chi connectivity index (χ0n) is 42.2. The van der Waals surface area contributed by atoms with Crippen molar-refractivity contribution in [3.63, 3.8) is 0 Å². The fraction of sp³-hybridized carbons (Fsp3) is 0.571. The van der Waals surface area contributed by atoms with Crippen molar-refractivity contribution in [3.05, 3.63) is 117 Å². The molecule has 0 fully saturated rings. The van der Waals surface area contributed by atoms with Gasteiger partial charge in [-0.15, -0.1) is 0 Å². The molecule has 0 aliphatic carbocycles. The minimum absolute atomic E-state index is 0.0235. The van der Waals surface area contributed by atoms with Crippen LogP contribution in [-0.4, -0.2) is 0 Å². The summed E-state index contributed by atoms with van der Waals surface area (Å²) in [6.07, 6.45) is 0. The van der Waals surface area contributed by atoms with E-state index in [0.29, 0.717) is 0 Å². The first-order valence-electron chi connectivity index (χ1n) is 22.3. The van der Waals surface area contributed by atoms with Crippen molar-refractivity contribution in [1.29, 1.82) is 0 Å². The Hall–Kier alpha value is -3.09. The Labute approximate surface area is 364 Å². The molecule has 0 aliphatic heterocycles. The Balaban J connectivity index is 2.41. The van der Waals surface area contributed by atoms with E-state index in [1.54, 1.807) is 0 Å². The second-order valence-electron chi connectivity index (χ2n) is 25.8. The van der Waals surface area contributed by atoms with Gasteiger partial charge in [-0.25, -0.2) is 0 Å². The molecule has 59 heavy (non-hydrogen) atoms. The molecule has 0 amide bonds. The van der Waals surface area contributed by atoms with E-state index >= 15 is 0 Å². The quantitative estimate of drug-likeness (QED) is 0.180.